The lowest BCUT2D eigenvalue weighted by Crippen LogP contribution is -2.15. The van der Waals surface area contributed by atoms with E-state index in [1.54, 1.807) is 13.0 Å². The third-order valence-electron chi connectivity index (χ3n) is 2.82. The molecule has 0 spiro atoms. The summed E-state index contributed by atoms with van der Waals surface area (Å²) in [5.74, 6) is 0.267. The first-order valence-electron chi connectivity index (χ1n) is 6.20. The van der Waals surface area contributed by atoms with Gasteiger partial charge >= 0.3 is 0 Å². The molecule has 1 heterocycles. The second-order valence-electron chi connectivity index (χ2n) is 4.64. The van der Waals surface area contributed by atoms with Gasteiger partial charge in [0.15, 0.2) is 0 Å². The van der Waals surface area contributed by atoms with Crippen molar-refractivity contribution in [3.63, 3.8) is 0 Å². The third kappa shape index (κ3) is 3.54. The Bertz CT molecular complexity index is 583. The largest absolute Gasteiger partial charge is 0.416 e. The second-order valence-corrected chi connectivity index (χ2v) is 5.66. The summed E-state index contributed by atoms with van der Waals surface area (Å²) >= 11 is 1.28. The van der Waals surface area contributed by atoms with Crippen LogP contribution >= 0.6 is 11.8 Å². The lowest BCUT2D eigenvalue weighted by molar-refractivity contribution is 0.429. The van der Waals surface area contributed by atoms with Crippen LogP contribution in [0.15, 0.2) is 32.7 Å². The molecule has 1 aromatic carbocycles. The van der Waals surface area contributed by atoms with Crippen molar-refractivity contribution in [1.29, 1.82) is 0 Å². The van der Waals surface area contributed by atoms with Gasteiger partial charge in [0.2, 0.25) is 5.89 Å². The zero-order chi connectivity index (χ0) is 13.2. The number of nitrogens with zero attached hydrogens (tertiary/aromatic N) is 2. The smallest absolute Gasteiger partial charge is 0.281 e. The van der Waals surface area contributed by atoms with Crippen LogP contribution in [-0.2, 0) is 6.54 Å². The first kappa shape index (κ1) is 12.6. The van der Waals surface area contributed by atoms with Crippen molar-refractivity contribution in [1.82, 2.24) is 15.5 Å². The van der Waals surface area contributed by atoms with Crippen LogP contribution in [0.4, 0.5) is 4.39 Å². The van der Waals surface area contributed by atoms with E-state index in [0.717, 1.165) is 10.5 Å². The predicted octanol–water partition coefficient (Wildman–Crippen LogP) is 2.92. The van der Waals surface area contributed by atoms with E-state index in [9.17, 15) is 4.39 Å². The number of rotatable bonds is 5. The molecule has 1 aliphatic carbocycles. The van der Waals surface area contributed by atoms with Crippen LogP contribution in [0.1, 0.15) is 24.3 Å². The minimum atomic E-state index is -0.242. The molecule has 1 aliphatic rings. The van der Waals surface area contributed by atoms with E-state index in [1.165, 1.54) is 30.7 Å². The van der Waals surface area contributed by atoms with Crippen molar-refractivity contribution in [2.24, 2.45) is 0 Å². The van der Waals surface area contributed by atoms with Crippen molar-refractivity contribution < 1.29 is 8.81 Å². The van der Waals surface area contributed by atoms with E-state index in [1.807, 2.05) is 6.07 Å². The molecule has 1 N–H and O–H groups in total. The van der Waals surface area contributed by atoms with Gasteiger partial charge in [0.1, 0.15) is 5.82 Å². The summed E-state index contributed by atoms with van der Waals surface area (Å²) in [6, 6.07) is 5.59. The fourth-order valence-corrected chi connectivity index (χ4v) is 2.58. The SMILES string of the molecule is Cc1nnc(Sc2cc(F)cc(CNC3CC3)c2)o1. The summed E-state index contributed by atoms with van der Waals surface area (Å²) in [6.45, 7) is 2.42. The fraction of sp³-hybridized carbons (Fsp3) is 0.385. The maximum absolute atomic E-state index is 13.6. The van der Waals surface area contributed by atoms with E-state index in [-0.39, 0.29) is 5.82 Å². The number of benzene rings is 1. The molecular formula is C13H14FN3OS. The highest BCUT2D eigenvalue weighted by atomic mass is 32.2. The van der Waals surface area contributed by atoms with Crippen LogP contribution in [-0.4, -0.2) is 16.2 Å². The molecule has 1 saturated carbocycles. The summed E-state index contributed by atoms with van der Waals surface area (Å²) < 4.78 is 18.8. The van der Waals surface area contributed by atoms with Crippen LogP contribution in [0.25, 0.3) is 0 Å². The molecule has 0 radical (unpaired) electrons. The molecule has 0 amide bonds. The van der Waals surface area contributed by atoms with Gasteiger partial charge in [-0.2, -0.15) is 0 Å². The summed E-state index contributed by atoms with van der Waals surface area (Å²) in [5.41, 5.74) is 0.936. The minimum absolute atomic E-state index is 0.242. The van der Waals surface area contributed by atoms with Gasteiger partial charge in [0.05, 0.1) is 0 Å². The predicted molar refractivity (Wildman–Crippen MR) is 69.4 cm³/mol. The lowest BCUT2D eigenvalue weighted by Gasteiger charge is -2.05. The molecule has 0 bridgehead atoms. The van der Waals surface area contributed by atoms with Gasteiger partial charge in [-0.25, -0.2) is 4.39 Å². The average Bonchev–Trinajstić information content (AvgIpc) is 3.10. The summed E-state index contributed by atoms with van der Waals surface area (Å²) in [7, 11) is 0. The number of aryl methyl sites for hydroxylation is 1. The molecule has 0 aliphatic heterocycles. The monoisotopic (exact) mass is 279 g/mol. The Morgan fingerprint density at radius 1 is 1.37 bits per heavy atom. The quantitative estimate of drug-likeness (QED) is 0.912. The average molecular weight is 279 g/mol. The van der Waals surface area contributed by atoms with E-state index in [2.05, 4.69) is 15.5 Å². The van der Waals surface area contributed by atoms with Gasteiger partial charge in [-0.3, -0.25) is 0 Å². The lowest BCUT2D eigenvalue weighted by atomic mass is 10.2. The van der Waals surface area contributed by atoms with Gasteiger partial charge in [0, 0.05) is 24.4 Å². The zero-order valence-electron chi connectivity index (χ0n) is 10.5. The molecule has 1 fully saturated rings. The molecule has 1 aromatic heterocycles. The minimum Gasteiger partial charge on any atom is -0.416 e. The van der Waals surface area contributed by atoms with E-state index in [4.69, 9.17) is 4.42 Å². The Kier molecular flexibility index (Phi) is 3.52. The van der Waals surface area contributed by atoms with Gasteiger partial charge < -0.3 is 9.73 Å². The number of hydrogen-bond acceptors (Lipinski definition) is 5. The van der Waals surface area contributed by atoms with Gasteiger partial charge in [0.25, 0.3) is 5.22 Å². The Morgan fingerprint density at radius 2 is 2.21 bits per heavy atom. The topological polar surface area (TPSA) is 51.0 Å². The van der Waals surface area contributed by atoms with E-state index >= 15 is 0 Å². The molecule has 0 unspecified atom stereocenters. The Labute approximate surface area is 114 Å². The fourth-order valence-electron chi connectivity index (χ4n) is 1.75. The molecule has 0 saturated heterocycles. The maximum Gasteiger partial charge on any atom is 0.281 e. The second kappa shape index (κ2) is 5.30. The molecule has 0 atom stereocenters. The molecule has 3 rings (SSSR count). The highest BCUT2D eigenvalue weighted by molar-refractivity contribution is 7.99. The molecule has 6 heteroatoms. The Hall–Kier alpha value is -1.40. The van der Waals surface area contributed by atoms with E-state index in [0.29, 0.717) is 23.7 Å². The first-order chi connectivity index (χ1) is 9.19. The van der Waals surface area contributed by atoms with Crippen LogP contribution in [0.3, 0.4) is 0 Å². The van der Waals surface area contributed by atoms with E-state index < -0.39 is 0 Å². The molecule has 2 aromatic rings. The third-order valence-corrected chi connectivity index (χ3v) is 3.63. The first-order valence-corrected chi connectivity index (χ1v) is 7.01. The highest BCUT2D eigenvalue weighted by Gasteiger charge is 2.20. The van der Waals surface area contributed by atoms with Crippen LogP contribution in [0, 0.1) is 12.7 Å². The van der Waals surface area contributed by atoms with Crippen molar-refractivity contribution in [3.8, 4) is 0 Å². The summed E-state index contributed by atoms with van der Waals surface area (Å²) in [6.07, 6.45) is 2.44. The van der Waals surface area contributed by atoms with Crippen LogP contribution in [0.5, 0.6) is 0 Å². The highest BCUT2D eigenvalue weighted by Crippen LogP contribution is 2.28. The molecule has 19 heavy (non-hydrogen) atoms. The standard InChI is InChI=1S/C13H14FN3OS/c1-8-16-17-13(18-8)19-12-5-9(4-10(14)6-12)7-15-11-2-3-11/h4-6,11,15H,2-3,7H2,1H3. The molecular weight excluding hydrogens is 265 g/mol. The Balaban J connectivity index is 1.72. The zero-order valence-corrected chi connectivity index (χ0v) is 11.3. The molecule has 100 valence electrons. The van der Waals surface area contributed by atoms with Gasteiger partial charge in [-0.1, -0.05) is 0 Å². The van der Waals surface area contributed by atoms with Crippen LogP contribution < -0.4 is 5.32 Å². The number of aromatic nitrogens is 2. The van der Waals surface area contributed by atoms with Crippen molar-refractivity contribution >= 4 is 11.8 Å². The Morgan fingerprint density at radius 3 is 2.89 bits per heavy atom. The summed E-state index contributed by atoms with van der Waals surface area (Å²) in [5, 5.41) is 11.4. The number of halogens is 1. The van der Waals surface area contributed by atoms with Crippen molar-refractivity contribution in [3.05, 3.63) is 35.5 Å². The van der Waals surface area contributed by atoms with Crippen molar-refractivity contribution in [2.75, 3.05) is 0 Å². The molecule has 4 nitrogen and oxygen atoms in total. The normalized spacial score (nSPS) is 14.8. The maximum atomic E-state index is 13.6. The number of nitrogens with one attached hydrogen (secondary N) is 1. The van der Waals surface area contributed by atoms with Crippen molar-refractivity contribution in [2.45, 2.75) is 42.5 Å². The van der Waals surface area contributed by atoms with Gasteiger partial charge in [-0.05, 0) is 48.4 Å². The summed E-state index contributed by atoms with van der Waals surface area (Å²) in [4.78, 5) is 0.774. The van der Waals surface area contributed by atoms with Gasteiger partial charge in [-0.15, -0.1) is 10.2 Å². The van der Waals surface area contributed by atoms with Crippen LogP contribution in [0.2, 0.25) is 0 Å². The number of hydrogen-bond donors (Lipinski definition) is 1.